The maximum absolute atomic E-state index is 12.1. The number of esters is 1. The van der Waals surface area contributed by atoms with Crippen molar-refractivity contribution in [3.8, 4) is 11.5 Å². The summed E-state index contributed by atoms with van der Waals surface area (Å²) in [5.74, 6) is 0.735. The van der Waals surface area contributed by atoms with E-state index in [1.165, 1.54) is 6.08 Å². The van der Waals surface area contributed by atoms with E-state index in [1.807, 2.05) is 19.1 Å². The van der Waals surface area contributed by atoms with Crippen LogP contribution in [0.5, 0.6) is 11.5 Å². The standard InChI is InChI=1S/C21H21NO5/c1-2-3-12-25-21(24)16-6-8-17(9-7-16)22-20(23)11-5-15-4-10-18-19(13-15)27-14-26-18/h4-11,13H,2-3,12,14H2,1H3,(H,22,23). The van der Waals surface area contributed by atoms with E-state index in [1.54, 1.807) is 36.4 Å². The highest BCUT2D eigenvalue weighted by molar-refractivity contribution is 6.02. The highest BCUT2D eigenvalue weighted by Gasteiger charge is 2.12. The number of unbranched alkanes of at least 4 members (excludes halogenated alkanes) is 1. The molecule has 0 radical (unpaired) electrons. The molecule has 6 heteroatoms. The Bertz CT molecular complexity index is 842. The second kappa shape index (κ2) is 8.89. The lowest BCUT2D eigenvalue weighted by Crippen LogP contribution is -2.09. The molecular formula is C21H21NO5. The first kappa shape index (κ1) is 18.5. The number of fused-ring (bicyclic) bond motifs is 1. The van der Waals surface area contributed by atoms with Gasteiger partial charge >= 0.3 is 5.97 Å². The summed E-state index contributed by atoms with van der Waals surface area (Å²) in [6, 6.07) is 12.1. The summed E-state index contributed by atoms with van der Waals surface area (Å²) in [5, 5.41) is 2.75. The Balaban J connectivity index is 1.54. The molecule has 0 bridgehead atoms. The predicted octanol–water partition coefficient (Wildman–Crippen LogP) is 4.02. The molecule has 0 aliphatic carbocycles. The highest BCUT2D eigenvalue weighted by atomic mass is 16.7. The number of nitrogens with one attached hydrogen (secondary N) is 1. The molecule has 1 amide bonds. The van der Waals surface area contributed by atoms with Crippen LogP contribution in [0.1, 0.15) is 35.7 Å². The van der Waals surface area contributed by atoms with Gasteiger partial charge in [0.1, 0.15) is 0 Å². The number of hydrogen-bond acceptors (Lipinski definition) is 5. The van der Waals surface area contributed by atoms with E-state index in [4.69, 9.17) is 14.2 Å². The van der Waals surface area contributed by atoms with Crippen LogP contribution >= 0.6 is 0 Å². The van der Waals surface area contributed by atoms with E-state index in [0.717, 1.165) is 18.4 Å². The van der Waals surface area contributed by atoms with Gasteiger partial charge in [-0.1, -0.05) is 19.4 Å². The van der Waals surface area contributed by atoms with Crippen molar-refractivity contribution in [2.45, 2.75) is 19.8 Å². The van der Waals surface area contributed by atoms with Crippen molar-refractivity contribution >= 4 is 23.6 Å². The predicted molar refractivity (Wildman–Crippen MR) is 102 cm³/mol. The lowest BCUT2D eigenvalue weighted by atomic mass is 10.2. The van der Waals surface area contributed by atoms with Gasteiger partial charge in [0.05, 0.1) is 12.2 Å². The first-order chi connectivity index (χ1) is 13.2. The van der Waals surface area contributed by atoms with Crippen molar-refractivity contribution in [2.75, 3.05) is 18.7 Å². The van der Waals surface area contributed by atoms with Gasteiger partial charge in [0.25, 0.3) is 0 Å². The first-order valence-electron chi connectivity index (χ1n) is 8.81. The van der Waals surface area contributed by atoms with E-state index < -0.39 is 0 Å². The quantitative estimate of drug-likeness (QED) is 0.454. The van der Waals surface area contributed by atoms with Gasteiger partial charge in [0.15, 0.2) is 11.5 Å². The van der Waals surface area contributed by atoms with Crippen LogP contribution in [0.25, 0.3) is 6.08 Å². The van der Waals surface area contributed by atoms with Gasteiger partial charge in [-0.2, -0.15) is 0 Å². The van der Waals surface area contributed by atoms with Crippen molar-refractivity contribution in [3.05, 3.63) is 59.7 Å². The maximum Gasteiger partial charge on any atom is 0.338 e. The second-order valence-electron chi connectivity index (χ2n) is 6.00. The molecule has 1 aliphatic rings. The summed E-state index contributed by atoms with van der Waals surface area (Å²) >= 11 is 0. The third kappa shape index (κ3) is 5.10. The molecule has 0 saturated carbocycles. The van der Waals surface area contributed by atoms with Crippen LogP contribution < -0.4 is 14.8 Å². The number of hydrogen-bond donors (Lipinski definition) is 1. The number of amides is 1. The number of anilines is 1. The molecule has 27 heavy (non-hydrogen) atoms. The minimum absolute atomic E-state index is 0.213. The van der Waals surface area contributed by atoms with E-state index in [-0.39, 0.29) is 18.7 Å². The number of rotatable bonds is 7. The number of carbonyl (C=O) groups excluding carboxylic acids is 2. The van der Waals surface area contributed by atoms with Crippen LogP contribution in [0.4, 0.5) is 5.69 Å². The molecule has 0 fully saturated rings. The Morgan fingerprint density at radius 2 is 1.89 bits per heavy atom. The maximum atomic E-state index is 12.1. The first-order valence-corrected chi connectivity index (χ1v) is 8.81. The summed E-state index contributed by atoms with van der Waals surface area (Å²) in [6.07, 6.45) is 4.94. The van der Waals surface area contributed by atoms with Crippen LogP contribution in [0.3, 0.4) is 0 Å². The zero-order chi connectivity index (χ0) is 19.1. The molecule has 0 atom stereocenters. The molecule has 3 rings (SSSR count). The average molecular weight is 367 g/mol. The monoisotopic (exact) mass is 367 g/mol. The van der Waals surface area contributed by atoms with Crippen molar-refractivity contribution in [2.24, 2.45) is 0 Å². The topological polar surface area (TPSA) is 73.9 Å². The number of benzene rings is 2. The lowest BCUT2D eigenvalue weighted by Gasteiger charge is -2.06. The van der Waals surface area contributed by atoms with E-state index in [2.05, 4.69) is 5.32 Å². The molecule has 0 aromatic heterocycles. The van der Waals surface area contributed by atoms with Crippen molar-refractivity contribution in [3.63, 3.8) is 0 Å². The smallest absolute Gasteiger partial charge is 0.338 e. The lowest BCUT2D eigenvalue weighted by molar-refractivity contribution is -0.111. The van der Waals surface area contributed by atoms with Crippen molar-refractivity contribution < 1.29 is 23.8 Å². The Morgan fingerprint density at radius 1 is 1.11 bits per heavy atom. The average Bonchev–Trinajstić information content (AvgIpc) is 3.15. The third-order valence-electron chi connectivity index (χ3n) is 3.94. The summed E-state index contributed by atoms with van der Waals surface area (Å²) in [7, 11) is 0. The number of carbonyl (C=O) groups is 2. The fourth-order valence-corrected chi connectivity index (χ4v) is 2.45. The van der Waals surface area contributed by atoms with Gasteiger partial charge in [-0.3, -0.25) is 4.79 Å². The normalized spacial score (nSPS) is 12.2. The molecule has 0 spiro atoms. The summed E-state index contributed by atoms with van der Waals surface area (Å²) < 4.78 is 15.7. The zero-order valence-corrected chi connectivity index (χ0v) is 15.1. The Labute approximate surface area is 157 Å². The van der Waals surface area contributed by atoms with Gasteiger partial charge in [0, 0.05) is 11.8 Å². The van der Waals surface area contributed by atoms with Gasteiger partial charge in [-0.25, -0.2) is 4.79 Å². The van der Waals surface area contributed by atoms with Crippen LogP contribution in [0.2, 0.25) is 0 Å². The van der Waals surface area contributed by atoms with Crippen LogP contribution in [-0.4, -0.2) is 25.3 Å². The third-order valence-corrected chi connectivity index (χ3v) is 3.94. The number of ether oxygens (including phenoxy) is 3. The minimum Gasteiger partial charge on any atom is -0.462 e. The molecule has 6 nitrogen and oxygen atoms in total. The molecule has 0 saturated heterocycles. The van der Waals surface area contributed by atoms with Crippen molar-refractivity contribution in [1.82, 2.24) is 0 Å². The molecule has 140 valence electrons. The second-order valence-corrected chi connectivity index (χ2v) is 6.00. The SMILES string of the molecule is CCCCOC(=O)c1ccc(NC(=O)C=Cc2ccc3c(c2)OCO3)cc1. The van der Waals surface area contributed by atoms with Gasteiger partial charge < -0.3 is 19.5 Å². The minimum atomic E-state index is -0.357. The van der Waals surface area contributed by atoms with Crippen LogP contribution in [-0.2, 0) is 9.53 Å². The van der Waals surface area contributed by atoms with E-state index >= 15 is 0 Å². The molecule has 2 aromatic rings. The molecule has 1 aliphatic heterocycles. The molecule has 0 unspecified atom stereocenters. The highest BCUT2D eigenvalue weighted by Crippen LogP contribution is 2.32. The fraction of sp³-hybridized carbons (Fsp3) is 0.238. The fourth-order valence-electron chi connectivity index (χ4n) is 2.45. The molecule has 1 heterocycles. The summed E-state index contributed by atoms with van der Waals surface area (Å²) in [5.41, 5.74) is 1.89. The van der Waals surface area contributed by atoms with Gasteiger partial charge in [-0.05, 0) is 54.5 Å². The molecule has 2 aromatic carbocycles. The Kier molecular flexibility index (Phi) is 6.10. The molecular weight excluding hydrogens is 346 g/mol. The Morgan fingerprint density at radius 3 is 2.67 bits per heavy atom. The van der Waals surface area contributed by atoms with E-state index in [0.29, 0.717) is 29.4 Å². The van der Waals surface area contributed by atoms with Gasteiger partial charge in [-0.15, -0.1) is 0 Å². The summed E-state index contributed by atoms with van der Waals surface area (Å²) in [4.78, 5) is 23.9. The summed E-state index contributed by atoms with van der Waals surface area (Å²) in [6.45, 7) is 2.66. The Hall–Kier alpha value is -3.28. The largest absolute Gasteiger partial charge is 0.462 e. The van der Waals surface area contributed by atoms with Crippen molar-refractivity contribution in [1.29, 1.82) is 0 Å². The zero-order valence-electron chi connectivity index (χ0n) is 15.1. The molecule has 1 N–H and O–H groups in total. The van der Waals surface area contributed by atoms with E-state index in [9.17, 15) is 9.59 Å². The van der Waals surface area contributed by atoms with Crippen LogP contribution in [0.15, 0.2) is 48.5 Å². The van der Waals surface area contributed by atoms with Gasteiger partial charge in [0.2, 0.25) is 12.7 Å². The van der Waals surface area contributed by atoms with Crippen LogP contribution in [0, 0.1) is 0 Å².